The molecule has 5 atom stereocenters. The first-order chi connectivity index (χ1) is 12.5. The SMILES string of the molecule is CCOc1ccc(NC(=O)[C@H](C)N2C(=O)[C@@H]3[C@H](C2=O)[C@H]2C=C[C@@H]3C2)cc1. The molecule has 0 unspecified atom stereocenters. The standard InChI is InChI=1S/C20H22N2O4/c1-3-26-15-8-6-14(7-9-15)21-18(23)11(2)22-19(24)16-12-4-5-13(10-12)17(16)20(22)25/h4-9,11-13,16-17H,3,10H2,1-2H3,(H,21,23)/t11-,12-,13+,16+,17-/m0/s1. The van der Waals surface area contributed by atoms with Gasteiger partial charge in [0.2, 0.25) is 17.7 Å². The number of carbonyl (C=O) groups is 3. The molecule has 3 aliphatic rings. The minimum atomic E-state index is -0.827. The number of nitrogens with one attached hydrogen (secondary N) is 1. The van der Waals surface area contributed by atoms with Gasteiger partial charge in [0.05, 0.1) is 18.4 Å². The number of ether oxygens (including phenoxy) is 1. The molecule has 2 fully saturated rings. The van der Waals surface area contributed by atoms with E-state index >= 15 is 0 Å². The lowest BCUT2D eigenvalue weighted by Crippen LogP contribution is -2.46. The Hall–Kier alpha value is -2.63. The number of benzene rings is 1. The van der Waals surface area contributed by atoms with E-state index in [-0.39, 0.29) is 41.4 Å². The van der Waals surface area contributed by atoms with E-state index in [4.69, 9.17) is 4.74 Å². The molecule has 1 heterocycles. The summed E-state index contributed by atoms with van der Waals surface area (Å²) >= 11 is 0. The molecule has 2 bridgehead atoms. The highest BCUT2D eigenvalue weighted by Crippen LogP contribution is 2.52. The van der Waals surface area contributed by atoms with Gasteiger partial charge in [-0.05, 0) is 56.4 Å². The van der Waals surface area contributed by atoms with Crippen LogP contribution in [0.1, 0.15) is 20.3 Å². The molecule has 1 aromatic rings. The predicted octanol–water partition coefficient (Wildman–Crippen LogP) is 2.22. The largest absolute Gasteiger partial charge is 0.494 e. The van der Waals surface area contributed by atoms with Crippen LogP contribution in [0.3, 0.4) is 0 Å². The van der Waals surface area contributed by atoms with E-state index in [2.05, 4.69) is 5.32 Å². The Kier molecular flexibility index (Phi) is 4.05. The van der Waals surface area contributed by atoms with Gasteiger partial charge in [0.15, 0.2) is 0 Å². The summed E-state index contributed by atoms with van der Waals surface area (Å²) in [5, 5.41) is 2.78. The molecule has 1 aromatic carbocycles. The summed E-state index contributed by atoms with van der Waals surface area (Å²) in [7, 11) is 0. The molecule has 3 amide bonds. The molecule has 0 radical (unpaired) electrons. The second-order valence-corrected chi connectivity index (χ2v) is 7.17. The highest BCUT2D eigenvalue weighted by atomic mass is 16.5. The van der Waals surface area contributed by atoms with Gasteiger partial charge in [-0.25, -0.2) is 0 Å². The van der Waals surface area contributed by atoms with E-state index in [1.165, 1.54) is 4.90 Å². The van der Waals surface area contributed by atoms with Gasteiger partial charge in [0.25, 0.3) is 0 Å². The van der Waals surface area contributed by atoms with E-state index in [1.54, 1.807) is 31.2 Å². The number of allylic oxidation sites excluding steroid dienone is 2. The Balaban J connectivity index is 1.46. The molecular formula is C20H22N2O4. The normalized spacial score (nSPS) is 29.8. The molecule has 4 rings (SSSR count). The van der Waals surface area contributed by atoms with Crippen LogP contribution >= 0.6 is 0 Å². The third-order valence-corrected chi connectivity index (χ3v) is 5.70. The summed E-state index contributed by atoms with van der Waals surface area (Å²) in [5.74, 6) is -0.315. The molecule has 6 nitrogen and oxygen atoms in total. The summed E-state index contributed by atoms with van der Waals surface area (Å²) < 4.78 is 5.37. The Labute approximate surface area is 152 Å². The zero-order valence-corrected chi connectivity index (χ0v) is 14.8. The fourth-order valence-corrected chi connectivity index (χ4v) is 4.47. The summed E-state index contributed by atoms with van der Waals surface area (Å²) in [6, 6.07) is 6.18. The molecule has 1 N–H and O–H groups in total. The maximum atomic E-state index is 12.8. The van der Waals surface area contributed by atoms with Gasteiger partial charge in [0.1, 0.15) is 11.8 Å². The fraction of sp³-hybridized carbons (Fsp3) is 0.450. The quantitative estimate of drug-likeness (QED) is 0.650. The van der Waals surface area contributed by atoms with Crippen molar-refractivity contribution in [2.75, 3.05) is 11.9 Å². The number of anilines is 1. The average Bonchev–Trinajstić information content (AvgIpc) is 3.30. The lowest BCUT2D eigenvalue weighted by molar-refractivity contribution is -0.146. The van der Waals surface area contributed by atoms with Crippen molar-refractivity contribution in [1.29, 1.82) is 0 Å². The summed E-state index contributed by atoms with van der Waals surface area (Å²) in [6.07, 6.45) is 4.98. The third kappa shape index (κ3) is 2.52. The molecule has 0 aromatic heterocycles. The number of carbonyl (C=O) groups excluding carboxylic acids is 3. The van der Waals surface area contributed by atoms with E-state index in [0.29, 0.717) is 12.3 Å². The molecule has 6 heteroatoms. The van der Waals surface area contributed by atoms with E-state index in [0.717, 1.165) is 12.2 Å². The van der Waals surface area contributed by atoms with E-state index < -0.39 is 6.04 Å². The first-order valence-corrected chi connectivity index (χ1v) is 9.10. The highest BCUT2D eigenvalue weighted by molar-refractivity contribution is 6.10. The van der Waals surface area contributed by atoms with Gasteiger partial charge >= 0.3 is 0 Å². The van der Waals surface area contributed by atoms with Gasteiger partial charge in [0, 0.05) is 5.69 Å². The minimum Gasteiger partial charge on any atom is -0.494 e. The van der Waals surface area contributed by atoms with E-state index in [1.807, 2.05) is 19.1 Å². The Morgan fingerprint density at radius 3 is 2.27 bits per heavy atom. The molecule has 26 heavy (non-hydrogen) atoms. The topological polar surface area (TPSA) is 75.7 Å². The van der Waals surface area contributed by atoms with Crippen molar-refractivity contribution in [3.63, 3.8) is 0 Å². The Morgan fingerprint density at radius 1 is 1.15 bits per heavy atom. The minimum absolute atomic E-state index is 0.146. The van der Waals surface area contributed by atoms with Crippen molar-refractivity contribution in [1.82, 2.24) is 4.90 Å². The summed E-state index contributed by atoms with van der Waals surface area (Å²) in [5.41, 5.74) is 0.603. The zero-order chi connectivity index (χ0) is 18.4. The summed E-state index contributed by atoms with van der Waals surface area (Å²) in [4.78, 5) is 39.3. The van der Waals surface area contributed by atoms with Gasteiger partial charge in [-0.15, -0.1) is 0 Å². The Morgan fingerprint density at radius 2 is 1.73 bits per heavy atom. The predicted molar refractivity (Wildman–Crippen MR) is 95.3 cm³/mol. The second kappa shape index (κ2) is 6.27. The molecule has 2 aliphatic carbocycles. The molecule has 1 saturated carbocycles. The van der Waals surface area contributed by atoms with Crippen molar-refractivity contribution < 1.29 is 19.1 Å². The number of rotatable bonds is 5. The van der Waals surface area contributed by atoms with Crippen molar-refractivity contribution in [3.8, 4) is 5.75 Å². The number of fused-ring (bicyclic) bond motifs is 5. The average molecular weight is 354 g/mol. The number of nitrogens with zero attached hydrogens (tertiary/aromatic N) is 1. The summed E-state index contributed by atoms with van der Waals surface area (Å²) in [6.45, 7) is 4.08. The molecule has 136 valence electrons. The second-order valence-electron chi connectivity index (χ2n) is 7.17. The highest BCUT2D eigenvalue weighted by Gasteiger charge is 2.60. The van der Waals surface area contributed by atoms with Crippen LogP contribution in [0.2, 0.25) is 0 Å². The molecule has 1 aliphatic heterocycles. The fourth-order valence-electron chi connectivity index (χ4n) is 4.47. The van der Waals surface area contributed by atoms with Gasteiger partial charge in [-0.3, -0.25) is 19.3 Å². The first kappa shape index (κ1) is 16.8. The lowest BCUT2D eigenvalue weighted by Gasteiger charge is -2.23. The van der Waals surface area contributed by atoms with Crippen LogP contribution in [-0.4, -0.2) is 35.3 Å². The number of likely N-dealkylation sites (tertiary alicyclic amines) is 1. The van der Waals surface area contributed by atoms with Crippen molar-refractivity contribution in [3.05, 3.63) is 36.4 Å². The van der Waals surface area contributed by atoms with E-state index in [9.17, 15) is 14.4 Å². The van der Waals surface area contributed by atoms with Crippen LogP contribution in [0.25, 0.3) is 0 Å². The van der Waals surface area contributed by atoms with Crippen LogP contribution in [0, 0.1) is 23.7 Å². The number of amides is 3. The monoisotopic (exact) mass is 354 g/mol. The lowest BCUT2D eigenvalue weighted by atomic mass is 9.85. The number of hydrogen-bond acceptors (Lipinski definition) is 4. The van der Waals surface area contributed by atoms with Crippen LogP contribution in [0.5, 0.6) is 5.75 Å². The van der Waals surface area contributed by atoms with Crippen molar-refractivity contribution in [2.45, 2.75) is 26.3 Å². The number of hydrogen-bond donors (Lipinski definition) is 1. The number of imide groups is 1. The van der Waals surface area contributed by atoms with Gasteiger partial charge in [-0.2, -0.15) is 0 Å². The molecule has 0 spiro atoms. The van der Waals surface area contributed by atoms with Crippen molar-refractivity contribution in [2.24, 2.45) is 23.7 Å². The van der Waals surface area contributed by atoms with Crippen LogP contribution in [0.15, 0.2) is 36.4 Å². The maximum absolute atomic E-state index is 12.8. The van der Waals surface area contributed by atoms with Crippen LogP contribution in [-0.2, 0) is 14.4 Å². The zero-order valence-electron chi connectivity index (χ0n) is 14.8. The van der Waals surface area contributed by atoms with Crippen LogP contribution < -0.4 is 10.1 Å². The smallest absolute Gasteiger partial charge is 0.247 e. The van der Waals surface area contributed by atoms with Gasteiger partial charge in [-0.1, -0.05) is 12.2 Å². The van der Waals surface area contributed by atoms with Crippen LogP contribution in [0.4, 0.5) is 5.69 Å². The van der Waals surface area contributed by atoms with Crippen molar-refractivity contribution >= 4 is 23.4 Å². The third-order valence-electron chi connectivity index (χ3n) is 5.70. The molecular weight excluding hydrogens is 332 g/mol. The van der Waals surface area contributed by atoms with Gasteiger partial charge < -0.3 is 10.1 Å². The maximum Gasteiger partial charge on any atom is 0.247 e. The molecule has 1 saturated heterocycles. The Bertz CT molecular complexity index is 756. The first-order valence-electron chi connectivity index (χ1n) is 9.10.